The molecule has 0 unspecified atom stereocenters. The van der Waals surface area contributed by atoms with Gasteiger partial charge in [-0.15, -0.1) is 0 Å². The Morgan fingerprint density at radius 1 is 1.26 bits per heavy atom. The van der Waals surface area contributed by atoms with E-state index in [1.807, 2.05) is 13.0 Å². The Kier molecular flexibility index (Phi) is 7.85. The van der Waals surface area contributed by atoms with E-state index >= 15 is 0 Å². The fourth-order valence-corrected chi connectivity index (χ4v) is 4.13. The number of benzene rings is 2. The zero-order chi connectivity index (χ0) is 22.5. The van der Waals surface area contributed by atoms with Gasteiger partial charge in [0.15, 0.2) is 6.61 Å². The Bertz CT molecular complexity index is 1230. The van der Waals surface area contributed by atoms with Crippen LogP contribution < -0.4 is 10.3 Å². The van der Waals surface area contributed by atoms with E-state index in [1.165, 1.54) is 10.9 Å². The zero-order valence-corrected chi connectivity index (χ0v) is 20.6. The molecule has 0 N–H and O–H groups in total. The molecule has 0 saturated heterocycles. The number of ether oxygens (including phenoxy) is 2. The molecular formula is C21H18Br2ClN3O4. The van der Waals surface area contributed by atoms with Gasteiger partial charge in [0.25, 0.3) is 5.56 Å². The van der Waals surface area contributed by atoms with Crippen LogP contribution in [0.5, 0.6) is 5.75 Å². The molecule has 0 fully saturated rings. The Labute approximate surface area is 200 Å². The summed E-state index contributed by atoms with van der Waals surface area (Å²) in [7, 11) is 0. The van der Waals surface area contributed by atoms with Gasteiger partial charge in [-0.2, -0.15) is 9.78 Å². The molecule has 0 aliphatic carbocycles. The van der Waals surface area contributed by atoms with Gasteiger partial charge in [-0.3, -0.25) is 4.79 Å². The summed E-state index contributed by atoms with van der Waals surface area (Å²) in [6, 6.07) is 8.58. The maximum atomic E-state index is 13.0. The number of hydrogen-bond donors (Lipinski definition) is 0. The van der Waals surface area contributed by atoms with E-state index in [0.717, 1.165) is 4.47 Å². The molecule has 31 heavy (non-hydrogen) atoms. The Morgan fingerprint density at radius 3 is 2.74 bits per heavy atom. The summed E-state index contributed by atoms with van der Waals surface area (Å²) in [4.78, 5) is 29.3. The van der Waals surface area contributed by atoms with Crippen LogP contribution in [0.1, 0.15) is 25.2 Å². The van der Waals surface area contributed by atoms with E-state index in [-0.39, 0.29) is 18.8 Å². The summed E-state index contributed by atoms with van der Waals surface area (Å²) in [5.41, 5.74) is 0.780. The monoisotopic (exact) mass is 569 g/mol. The van der Waals surface area contributed by atoms with Crippen LogP contribution in [-0.2, 0) is 16.0 Å². The lowest BCUT2D eigenvalue weighted by Gasteiger charge is -2.12. The number of halogens is 3. The van der Waals surface area contributed by atoms with Gasteiger partial charge in [0.1, 0.15) is 11.6 Å². The number of aryl methyl sites for hydroxylation is 1. The van der Waals surface area contributed by atoms with Crippen molar-refractivity contribution in [2.24, 2.45) is 5.10 Å². The molecule has 7 nitrogen and oxygen atoms in total. The number of nitrogens with zero attached hydrogens (tertiary/aromatic N) is 3. The molecular weight excluding hydrogens is 554 g/mol. The second-order valence-electron chi connectivity index (χ2n) is 6.30. The van der Waals surface area contributed by atoms with Gasteiger partial charge in [0, 0.05) is 21.5 Å². The third-order valence-corrected chi connectivity index (χ3v) is 5.48. The van der Waals surface area contributed by atoms with Gasteiger partial charge >= 0.3 is 5.97 Å². The summed E-state index contributed by atoms with van der Waals surface area (Å²) in [5, 5.41) is 5.23. The number of carbonyl (C=O) groups excluding carboxylic acids is 1. The highest BCUT2D eigenvalue weighted by molar-refractivity contribution is 9.10. The molecule has 0 aliphatic rings. The van der Waals surface area contributed by atoms with Gasteiger partial charge in [-0.25, -0.2) is 9.78 Å². The van der Waals surface area contributed by atoms with Crippen molar-refractivity contribution in [2.45, 2.75) is 20.3 Å². The molecule has 0 saturated carbocycles. The van der Waals surface area contributed by atoms with Gasteiger partial charge < -0.3 is 9.47 Å². The summed E-state index contributed by atoms with van der Waals surface area (Å²) in [6.45, 7) is 3.59. The molecule has 10 heteroatoms. The SMILES string of the molecule is CCOC(=O)COc1c(Br)cc(Cl)cc1C=Nn1c(CC)nc2ccc(Br)cc2c1=O. The van der Waals surface area contributed by atoms with E-state index in [0.29, 0.717) is 44.0 Å². The quantitative estimate of drug-likeness (QED) is 0.296. The smallest absolute Gasteiger partial charge is 0.344 e. The topological polar surface area (TPSA) is 82.8 Å². The molecule has 0 atom stereocenters. The second kappa shape index (κ2) is 10.4. The molecule has 3 aromatic rings. The number of rotatable bonds is 7. The van der Waals surface area contributed by atoms with Crippen molar-refractivity contribution in [1.82, 2.24) is 9.66 Å². The normalized spacial score (nSPS) is 11.3. The number of hydrogen-bond acceptors (Lipinski definition) is 6. The standard InChI is InChI=1S/C21H18Br2ClN3O4/c1-3-18-26-17-6-5-13(22)8-15(17)21(29)27(18)25-10-12-7-14(24)9-16(23)20(12)31-11-19(28)30-4-2/h5-10H,3-4,11H2,1-2H3. The van der Waals surface area contributed by atoms with Crippen LogP contribution >= 0.6 is 43.5 Å². The van der Waals surface area contributed by atoms with Crippen LogP contribution in [-0.4, -0.2) is 35.1 Å². The van der Waals surface area contributed by atoms with Crippen LogP contribution in [0.3, 0.4) is 0 Å². The number of esters is 1. The number of carbonyl (C=O) groups is 1. The van der Waals surface area contributed by atoms with Crippen molar-refractivity contribution < 1.29 is 14.3 Å². The number of fused-ring (bicyclic) bond motifs is 1. The van der Waals surface area contributed by atoms with Crippen molar-refractivity contribution >= 4 is 66.5 Å². The largest absolute Gasteiger partial charge is 0.480 e. The van der Waals surface area contributed by atoms with Gasteiger partial charge in [-0.05, 0) is 53.2 Å². The highest BCUT2D eigenvalue weighted by Crippen LogP contribution is 2.32. The maximum absolute atomic E-state index is 13.0. The van der Waals surface area contributed by atoms with Crippen molar-refractivity contribution in [3.63, 3.8) is 0 Å². The summed E-state index contributed by atoms with van der Waals surface area (Å²) in [5.74, 6) is 0.357. The van der Waals surface area contributed by atoms with E-state index in [9.17, 15) is 9.59 Å². The Morgan fingerprint density at radius 2 is 2.03 bits per heavy atom. The molecule has 2 aromatic carbocycles. The molecule has 0 bridgehead atoms. The van der Waals surface area contributed by atoms with Crippen molar-refractivity contribution in [2.75, 3.05) is 13.2 Å². The average molecular weight is 572 g/mol. The highest BCUT2D eigenvalue weighted by atomic mass is 79.9. The lowest BCUT2D eigenvalue weighted by molar-refractivity contribution is -0.145. The van der Waals surface area contributed by atoms with E-state index in [4.69, 9.17) is 21.1 Å². The Hall–Kier alpha value is -2.23. The van der Waals surface area contributed by atoms with Crippen LogP contribution in [0, 0.1) is 0 Å². The minimum absolute atomic E-state index is 0.256. The summed E-state index contributed by atoms with van der Waals surface area (Å²) < 4.78 is 13.1. The van der Waals surface area contributed by atoms with Gasteiger partial charge in [0.05, 0.1) is 28.2 Å². The summed E-state index contributed by atoms with van der Waals surface area (Å²) in [6.07, 6.45) is 1.95. The first-order chi connectivity index (χ1) is 14.8. The molecule has 0 amide bonds. The molecule has 1 aromatic heterocycles. The van der Waals surface area contributed by atoms with Crippen LogP contribution in [0.25, 0.3) is 10.9 Å². The molecule has 1 heterocycles. The van der Waals surface area contributed by atoms with Crippen LogP contribution in [0.4, 0.5) is 0 Å². The van der Waals surface area contributed by atoms with Crippen molar-refractivity contribution in [3.8, 4) is 5.75 Å². The molecule has 162 valence electrons. The second-order valence-corrected chi connectivity index (χ2v) is 8.51. The first kappa shape index (κ1) is 23.4. The molecule has 0 spiro atoms. The lowest BCUT2D eigenvalue weighted by Crippen LogP contribution is -2.22. The van der Waals surface area contributed by atoms with Crippen LogP contribution in [0.15, 0.2) is 49.2 Å². The van der Waals surface area contributed by atoms with Crippen molar-refractivity contribution in [3.05, 3.63) is 66.0 Å². The minimum atomic E-state index is -0.499. The fourth-order valence-electron chi connectivity index (χ4n) is 2.82. The van der Waals surface area contributed by atoms with Crippen molar-refractivity contribution in [1.29, 1.82) is 0 Å². The van der Waals surface area contributed by atoms with Gasteiger partial charge in [0.2, 0.25) is 0 Å². The zero-order valence-electron chi connectivity index (χ0n) is 16.7. The van der Waals surface area contributed by atoms with E-state index < -0.39 is 5.97 Å². The van der Waals surface area contributed by atoms with E-state index in [2.05, 4.69) is 41.9 Å². The van der Waals surface area contributed by atoms with Gasteiger partial charge in [-0.1, -0.05) is 34.5 Å². The molecule has 0 aliphatic heterocycles. The first-order valence-electron chi connectivity index (χ1n) is 9.37. The molecule has 3 rings (SSSR count). The van der Waals surface area contributed by atoms with E-state index in [1.54, 1.807) is 31.2 Å². The first-order valence-corrected chi connectivity index (χ1v) is 11.3. The third kappa shape index (κ3) is 5.53. The predicted octanol–water partition coefficient (Wildman–Crippen LogP) is 4.96. The fraction of sp³-hybridized carbons (Fsp3) is 0.238. The predicted molar refractivity (Wildman–Crippen MR) is 127 cm³/mol. The third-order valence-electron chi connectivity index (χ3n) is 4.18. The Balaban J connectivity index is 2.05. The minimum Gasteiger partial charge on any atom is -0.480 e. The lowest BCUT2D eigenvalue weighted by atomic mass is 10.2. The maximum Gasteiger partial charge on any atom is 0.344 e. The van der Waals surface area contributed by atoms with Crippen LogP contribution in [0.2, 0.25) is 5.02 Å². The average Bonchev–Trinajstić information content (AvgIpc) is 2.72. The number of aromatic nitrogens is 2. The summed E-state index contributed by atoms with van der Waals surface area (Å²) >= 11 is 12.9. The highest BCUT2D eigenvalue weighted by Gasteiger charge is 2.14. The molecule has 0 radical (unpaired) electrons.